The molecule has 0 bridgehead atoms. The molecule has 0 saturated carbocycles. The molecule has 0 aromatic rings. The van der Waals surface area contributed by atoms with Gasteiger partial charge in [0.25, 0.3) is 0 Å². The smallest absolute Gasteiger partial charge is 0.00696 e. The van der Waals surface area contributed by atoms with Gasteiger partial charge in [0.15, 0.2) is 0 Å². The fourth-order valence-electron chi connectivity index (χ4n) is 0.194. The first kappa shape index (κ1) is 8.44. The maximum Gasteiger partial charge on any atom is -0.00696 e. The van der Waals surface area contributed by atoms with Gasteiger partial charge in [-0.05, 0) is 15.7 Å². The van der Waals surface area contributed by atoms with Crippen LogP contribution in [0, 0.1) is 5.41 Å². The second-order valence-corrected chi connectivity index (χ2v) is 3.50. The monoisotopic (exact) mass is 148 g/mol. The Kier molecular flexibility index (Phi) is 2.99. The minimum atomic E-state index is 0.158. The fourth-order valence-corrected chi connectivity index (χ4v) is 0.581. The van der Waals surface area contributed by atoms with Gasteiger partial charge in [-0.3, -0.25) is 0 Å². The third kappa shape index (κ3) is 2.68. The summed E-state index contributed by atoms with van der Waals surface area (Å²) in [5, 5.41) is 1.73. The van der Waals surface area contributed by atoms with Gasteiger partial charge in [-0.1, -0.05) is 20.8 Å². The van der Waals surface area contributed by atoms with Crippen LogP contribution < -0.4 is 0 Å². The first-order chi connectivity index (χ1) is 3.48. The van der Waals surface area contributed by atoms with E-state index >= 15 is 0 Å². The topological polar surface area (TPSA) is 0 Å². The molecule has 2 heteroatoms. The van der Waals surface area contributed by atoms with Crippen molar-refractivity contribution in [3.05, 3.63) is 10.3 Å². The van der Waals surface area contributed by atoms with E-state index in [-0.39, 0.29) is 5.41 Å². The quantitative estimate of drug-likeness (QED) is 0.485. The minimum absolute atomic E-state index is 0.158. The second kappa shape index (κ2) is 2.83. The van der Waals surface area contributed by atoms with Crippen molar-refractivity contribution in [1.29, 1.82) is 0 Å². The first-order valence-corrected chi connectivity index (χ1v) is 3.48. The van der Waals surface area contributed by atoms with Crippen LogP contribution in [0.5, 0.6) is 0 Å². The highest BCUT2D eigenvalue weighted by molar-refractivity contribution is 7.87. The lowest BCUT2D eigenvalue weighted by molar-refractivity contribution is 0.535. The molecular weight excluding hydrogens is 136 g/mol. The van der Waals surface area contributed by atoms with Gasteiger partial charge in [0.05, 0.1) is 0 Å². The maximum absolute atomic E-state index is 4.20. The van der Waals surface area contributed by atoms with Gasteiger partial charge < -0.3 is 0 Å². The summed E-state index contributed by atoms with van der Waals surface area (Å²) in [7, 11) is 0. The van der Waals surface area contributed by atoms with E-state index in [0.29, 0.717) is 0 Å². The van der Waals surface area contributed by atoms with Crippen LogP contribution in [0.2, 0.25) is 0 Å². The van der Waals surface area contributed by atoms with Gasteiger partial charge in [-0.15, -0.1) is 12.6 Å². The lowest BCUT2D eigenvalue weighted by Crippen LogP contribution is -2.03. The maximum atomic E-state index is 4.20. The van der Waals surface area contributed by atoms with Crippen molar-refractivity contribution >= 4 is 25.3 Å². The molecule has 0 N–H and O–H groups in total. The van der Waals surface area contributed by atoms with Crippen molar-refractivity contribution < 1.29 is 0 Å². The molecule has 0 saturated heterocycles. The highest BCUT2D eigenvalue weighted by Crippen LogP contribution is 2.27. The van der Waals surface area contributed by atoms with E-state index in [9.17, 15) is 0 Å². The van der Waals surface area contributed by atoms with Crippen molar-refractivity contribution in [3.8, 4) is 0 Å². The summed E-state index contributed by atoms with van der Waals surface area (Å²) < 4.78 is 0. The zero-order valence-electron chi connectivity index (χ0n) is 5.47. The minimum Gasteiger partial charge on any atom is -0.151 e. The summed E-state index contributed by atoms with van der Waals surface area (Å²) in [5.41, 5.74) is 0.158. The lowest BCUT2D eigenvalue weighted by atomic mass is 9.97. The summed E-state index contributed by atoms with van der Waals surface area (Å²) in [6.45, 7) is 6.30. The Morgan fingerprint density at radius 2 is 1.75 bits per heavy atom. The van der Waals surface area contributed by atoms with Crippen LogP contribution in [0.25, 0.3) is 0 Å². The molecule has 0 aliphatic rings. The van der Waals surface area contributed by atoms with Crippen LogP contribution in [-0.4, -0.2) is 0 Å². The molecule has 0 fully saturated rings. The largest absolute Gasteiger partial charge is 0.151 e. The van der Waals surface area contributed by atoms with Gasteiger partial charge in [0, 0.05) is 0 Å². The molecule has 0 unspecified atom stereocenters. The van der Waals surface area contributed by atoms with Gasteiger partial charge in [-0.2, -0.15) is 12.6 Å². The van der Waals surface area contributed by atoms with E-state index in [2.05, 4.69) is 46.0 Å². The number of rotatable bonds is 0. The molecule has 0 spiro atoms. The third-order valence-corrected chi connectivity index (χ3v) is 2.15. The molecule has 0 amide bonds. The molecule has 0 atom stereocenters. The SMILES string of the molecule is CC(C)(C)C(S)=CS. The molecule has 0 radical (unpaired) electrons. The predicted octanol–water partition coefficient (Wildman–Crippen LogP) is 2.73. The Morgan fingerprint density at radius 1 is 1.38 bits per heavy atom. The molecule has 0 nitrogen and oxygen atoms in total. The van der Waals surface area contributed by atoms with Crippen molar-refractivity contribution in [3.63, 3.8) is 0 Å². The molecule has 8 heavy (non-hydrogen) atoms. The summed E-state index contributed by atoms with van der Waals surface area (Å²) in [4.78, 5) is 1.01. The van der Waals surface area contributed by atoms with Crippen LogP contribution in [0.4, 0.5) is 0 Å². The van der Waals surface area contributed by atoms with Crippen molar-refractivity contribution in [2.45, 2.75) is 20.8 Å². The molecule has 48 valence electrons. The number of allylic oxidation sites excluding steroid dienone is 1. The van der Waals surface area contributed by atoms with E-state index in [4.69, 9.17) is 0 Å². The van der Waals surface area contributed by atoms with Gasteiger partial charge in [0.2, 0.25) is 0 Å². The van der Waals surface area contributed by atoms with E-state index in [0.717, 1.165) is 4.91 Å². The van der Waals surface area contributed by atoms with Crippen molar-refractivity contribution in [2.24, 2.45) is 5.41 Å². The van der Waals surface area contributed by atoms with Gasteiger partial charge in [0.1, 0.15) is 0 Å². The Hall–Kier alpha value is 0.440. The Labute approximate surface area is 62.2 Å². The fraction of sp³-hybridized carbons (Fsp3) is 0.667. The van der Waals surface area contributed by atoms with E-state index in [1.807, 2.05) is 0 Å². The zero-order chi connectivity index (χ0) is 6.78. The van der Waals surface area contributed by atoms with Gasteiger partial charge >= 0.3 is 0 Å². The summed E-state index contributed by atoms with van der Waals surface area (Å²) in [5.74, 6) is 0. The lowest BCUT2D eigenvalue weighted by Gasteiger charge is -2.16. The normalized spacial score (nSPS) is 14.4. The molecular formula is C6H12S2. The van der Waals surface area contributed by atoms with E-state index in [1.54, 1.807) is 5.41 Å². The average molecular weight is 148 g/mol. The summed E-state index contributed by atoms with van der Waals surface area (Å²) in [6.07, 6.45) is 0. The molecule has 0 aliphatic heterocycles. The van der Waals surface area contributed by atoms with Crippen molar-refractivity contribution in [2.75, 3.05) is 0 Å². The second-order valence-electron chi connectivity index (χ2n) is 2.76. The number of thiol groups is 2. The highest BCUT2D eigenvalue weighted by atomic mass is 32.1. The predicted molar refractivity (Wildman–Crippen MR) is 45.5 cm³/mol. The average Bonchev–Trinajstić information content (AvgIpc) is 1.62. The molecule has 0 aromatic carbocycles. The third-order valence-electron chi connectivity index (χ3n) is 0.891. The standard InChI is InChI=1S/C6H12S2/c1-6(2,3)5(8)4-7/h4,7-8H,1-3H3. The van der Waals surface area contributed by atoms with Crippen LogP contribution in [-0.2, 0) is 0 Å². The number of hydrogen-bond donors (Lipinski definition) is 2. The molecule has 0 heterocycles. The van der Waals surface area contributed by atoms with E-state index < -0.39 is 0 Å². The van der Waals surface area contributed by atoms with Gasteiger partial charge in [-0.25, -0.2) is 0 Å². The Bertz CT molecular complexity index is 97.6. The summed E-state index contributed by atoms with van der Waals surface area (Å²) in [6, 6.07) is 0. The molecule has 0 rings (SSSR count). The van der Waals surface area contributed by atoms with Crippen LogP contribution in [0.3, 0.4) is 0 Å². The van der Waals surface area contributed by atoms with Crippen LogP contribution >= 0.6 is 25.3 Å². The molecule has 0 aromatic heterocycles. The Balaban J connectivity index is 4.03. The Morgan fingerprint density at radius 3 is 1.75 bits per heavy atom. The first-order valence-electron chi connectivity index (χ1n) is 2.52. The molecule has 0 aliphatic carbocycles. The van der Waals surface area contributed by atoms with Crippen molar-refractivity contribution in [1.82, 2.24) is 0 Å². The van der Waals surface area contributed by atoms with Crippen LogP contribution in [0.1, 0.15) is 20.8 Å². The highest BCUT2D eigenvalue weighted by Gasteiger charge is 2.11. The van der Waals surface area contributed by atoms with E-state index in [1.165, 1.54) is 0 Å². The van der Waals surface area contributed by atoms with Crippen LogP contribution in [0.15, 0.2) is 10.3 Å². The zero-order valence-corrected chi connectivity index (χ0v) is 7.26. The number of hydrogen-bond acceptors (Lipinski definition) is 2. The summed E-state index contributed by atoms with van der Waals surface area (Å²) >= 11 is 8.17.